The molecule has 0 fully saturated rings. The largest absolute Gasteiger partial charge is 0.761 e. The van der Waals surface area contributed by atoms with E-state index in [1.807, 2.05) is 24.3 Å². The van der Waals surface area contributed by atoms with Crippen LogP contribution in [0, 0.1) is 4.91 Å². The molecule has 5 nitrogen and oxygen atoms in total. The Balaban J connectivity index is 2.78. The lowest BCUT2D eigenvalue weighted by molar-refractivity contribution is 0.919. The van der Waals surface area contributed by atoms with Gasteiger partial charge in [-0.3, -0.25) is 0 Å². The quantitative estimate of drug-likeness (QED) is 0.547. The fraction of sp³-hybridized carbons (Fsp3) is 0.100. The van der Waals surface area contributed by atoms with Crippen molar-refractivity contribution in [2.45, 2.75) is 0 Å². The predicted octanol–water partition coefficient (Wildman–Crippen LogP) is 1.92. The summed E-state index contributed by atoms with van der Waals surface area (Å²) in [6, 6.07) is 7.40. The molecule has 1 aromatic carbocycles. The molecule has 0 bridgehead atoms. The van der Waals surface area contributed by atoms with Crippen molar-refractivity contribution in [1.82, 2.24) is 9.55 Å². The number of para-hydroxylation sites is 2. The molecule has 0 spiro atoms. The van der Waals surface area contributed by atoms with Crippen LogP contribution < -0.4 is 0 Å². The van der Waals surface area contributed by atoms with Gasteiger partial charge in [-0.2, -0.15) is 0 Å². The van der Waals surface area contributed by atoms with Gasteiger partial charge in [-0.15, -0.1) is 4.91 Å². The van der Waals surface area contributed by atoms with Gasteiger partial charge in [0, 0.05) is 7.05 Å². The average Bonchev–Trinajstić information content (AvgIpc) is 2.60. The first kappa shape index (κ1) is 9.30. The van der Waals surface area contributed by atoms with E-state index in [-0.39, 0.29) is 5.70 Å². The van der Waals surface area contributed by atoms with E-state index in [1.54, 1.807) is 17.5 Å². The first-order valence-electron chi connectivity index (χ1n) is 4.30. The van der Waals surface area contributed by atoms with Crippen LogP contribution >= 0.6 is 0 Å². The topological polar surface area (TPSA) is 69.6 Å². The van der Waals surface area contributed by atoms with Crippen LogP contribution in [0.2, 0.25) is 0 Å². The van der Waals surface area contributed by atoms with Gasteiger partial charge in [-0.05, 0) is 17.3 Å². The van der Waals surface area contributed by atoms with Crippen LogP contribution in [0.25, 0.3) is 22.1 Å². The summed E-state index contributed by atoms with van der Waals surface area (Å²) in [5, 5.41) is 11.4. The van der Waals surface area contributed by atoms with Gasteiger partial charge in [0.2, 0.25) is 0 Å². The number of aryl methyl sites for hydroxylation is 1. The number of nitroso groups, excluding NO2 is 1. The third-order valence-electron chi connectivity index (χ3n) is 2.20. The second-order valence-electron chi connectivity index (χ2n) is 3.03. The molecule has 0 atom stereocenters. The van der Waals surface area contributed by atoms with Gasteiger partial charge in [0.25, 0.3) is 0 Å². The molecule has 0 N–H and O–H groups in total. The molecule has 0 aliphatic heterocycles. The summed E-state index contributed by atoms with van der Waals surface area (Å²) in [6.45, 7) is 0. The number of hydrogen-bond donors (Lipinski definition) is 0. The van der Waals surface area contributed by atoms with Crippen molar-refractivity contribution in [3.8, 4) is 0 Å². The van der Waals surface area contributed by atoms with Crippen molar-refractivity contribution < 1.29 is 0 Å². The summed E-state index contributed by atoms with van der Waals surface area (Å²) >= 11 is 0. The molecule has 74 valence electrons. The van der Waals surface area contributed by atoms with Gasteiger partial charge in [0.15, 0.2) is 11.5 Å². The Morgan fingerprint density at radius 1 is 1.53 bits per heavy atom. The Bertz CT molecular complexity index is 578. The van der Waals surface area contributed by atoms with Crippen molar-refractivity contribution in [3.63, 3.8) is 0 Å². The van der Waals surface area contributed by atoms with Gasteiger partial charge in [-0.25, -0.2) is 10.9 Å². The fourth-order valence-corrected chi connectivity index (χ4v) is 1.47. The van der Waals surface area contributed by atoms with E-state index in [2.05, 4.69) is 10.2 Å². The predicted molar refractivity (Wildman–Crippen MR) is 58.3 cm³/mol. The minimum Gasteiger partial charge on any atom is -0.761 e. The van der Waals surface area contributed by atoms with Gasteiger partial charge in [-0.1, -0.05) is 12.1 Å². The Kier molecular flexibility index (Phi) is 2.15. The highest BCUT2D eigenvalue weighted by molar-refractivity contribution is 5.91. The van der Waals surface area contributed by atoms with Gasteiger partial charge in [0.1, 0.15) is 0 Å². The monoisotopic (exact) mass is 199 g/mol. The summed E-state index contributed by atoms with van der Waals surface area (Å²) in [6.07, 6.45) is 0. The summed E-state index contributed by atoms with van der Waals surface area (Å²) < 4.78 is 1.68. The minimum atomic E-state index is -0.200. The Labute approximate surface area is 85.5 Å². The Morgan fingerprint density at radius 3 is 2.87 bits per heavy atom. The first-order chi connectivity index (χ1) is 7.27. The zero-order chi connectivity index (χ0) is 10.8. The number of fused-ring (bicyclic) bond motifs is 1. The van der Waals surface area contributed by atoms with Gasteiger partial charge >= 0.3 is 0 Å². The SMILES string of the molecule is Cn1c(C(=C=[N-])N=O)nc2ccccc21. The third kappa shape index (κ3) is 1.35. The molecule has 2 aromatic rings. The highest BCUT2D eigenvalue weighted by Crippen LogP contribution is 2.18. The summed E-state index contributed by atoms with van der Waals surface area (Å²) in [7, 11) is 1.74. The molecule has 5 heteroatoms. The number of imidazole rings is 1. The molecule has 0 unspecified atom stereocenters. The van der Waals surface area contributed by atoms with E-state index in [9.17, 15) is 4.91 Å². The maximum absolute atomic E-state index is 10.4. The number of benzene rings is 1. The molecule has 0 saturated heterocycles. The zero-order valence-electron chi connectivity index (χ0n) is 8.01. The molecule has 1 aromatic heterocycles. The van der Waals surface area contributed by atoms with E-state index >= 15 is 0 Å². The van der Waals surface area contributed by atoms with Crippen molar-refractivity contribution in [1.29, 1.82) is 0 Å². The van der Waals surface area contributed by atoms with Crippen LogP contribution in [0.4, 0.5) is 0 Å². The maximum atomic E-state index is 10.4. The normalized spacial score (nSPS) is 9.93. The molecule has 1 heterocycles. The van der Waals surface area contributed by atoms with Gasteiger partial charge in [0.05, 0.1) is 11.0 Å². The number of aromatic nitrogens is 2. The first-order valence-corrected chi connectivity index (χ1v) is 4.30. The lowest BCUT2D eigenvalue weighted by atomic mass is 10.3. The molecule has 0 radical (unpaired) electrons. The second kappa shape index (κ2) is 3.48. The highest BCUT2D eigenvalue weighted by Gasteiger charge is 2.10. The summed E-state index contributed by atoms with van der Waals surface area (Å²) in [4.78, 5) is 14.6. The second-order valence-corrected chi connectivity index (χ2v) is 3.03. The molecular weight excluding hydrogens is 192 g/mol. The Hall–Kier alpha value is -2.26. The van der Waals surface area contributed by atoms with Crippen LogP contribution in [0.15, 0.2) is 29.4 Å². The standard InChI is InChI=1S/C10H7N4O/c1-14-9-5-3-2-4-7(9)12-10(14)8(6-11)13-15/h2-5H,1H3/q-1. The molecule has 0 aliphatic rings. The van der Waals surface area contributed by atoms with Crippen molar-refractivity contribution in [2.75, 3.05) is 0 Å². The van der Waals surface area contributed by atoms with E-state index < -0.39 is 0 Å². The summed E-state index contributed by atoms with van der Waals surface area (Å²) in [5.74, 6) is 2.02. The lowest BCUT2D eigenvalue weighted by Gasteiger charge is -1.98. The third-order valence-corrected chi connectivity index (χ3v) is 2.20. The average molecular weight is 199 g/mol. The van der Waals surface area contributed by atoms with E-state index in [1.165, 1.54) is 0 Å². The number of nitrogens with zero attached hydrogens (tertiary/aromatic N) is 4. The minimum absolute atomic E-state index is 0.200. The van der Waals surface area contributed by atoms with E-state index in [4.69, 9.17) is 5.41 Å². The van der Waals surface area contributed by atoms with Crippen molar-refractivity contribution in [3.05, 3.63) is 40.4 Å². The smallest absolute Gasteiger partial charge is 0.169 e. The van der Waals surface area contributed by atoms with Crippen molar-refractivity contribution in [2.24, 2.45) is 12.2 Å². The van der Waals surface area contributed by atoms with Crippen LogP contribution in [0.3, 0.4) is 0 Å². The van der Waals surface area contributed by atoms with Crippen LogP contribution in [-0.4, -0.2) is 15.4 Å². The van der Waals surface area contributed by atoms with Crippen LogP contribution in [0.5, 0.6) is 0 Å². The highest BCUT2D eigenvalue weighted by atomic mass is 16.3. The number of hydrogen-bond acceptors (Lipinski definition) is 3. The molecule has 0 aliphatic carbocycles. The van der Waals surface area contributed by atoms with Crippen LogP contribution in [-0.2, 0) is 7.05 Å². The molecule has 2 rings (SSSR count). The molecular formula is C10H7N4O-. The van der Waals surface area contributed by atoms with E-state index in [0.717, 1.165) is 11.0 Å². The van der Waals surface area contributed by atoms with Crippen molar-refractivity contribution >= 4 is 22.6 Å². The Morgan fingerprint density at radius 2 is 2.27 bits per heavy atom. The zero-order valence-corrected chi connectivity index (χ0v) is 8.01. The fourth-order valence-electron chi connectivity index (χ4n) is 1.47. The van der Waals surface area contributed by atoms with E-state index in [0.29, 0.717) is 5.82 Å². The molecule has 0 saturated carbocycles. The number of rotatable bonds is 2. The lowest BCUT2D eigenvalue weighted by Crippen LogP contribution is -1.95. The van der Waals surface area contributed by atoms with Crippen LogP contribution in [0.1, 0.15) is 5.82 Å². The maximum Gasteiger partial charge on any atom is 0.169 e. The molecule has 15 heavy (non-hydrogen) atoms. The summed E-state index contributed by atoms with van der Waals surface area (Å²) in [5.41, 5.74) is 1.41. The molecule has 0 amide bonds. The van der Waals surface area contributed by atoms with Gasteiger partial charge < -0.3 is 9.98 Å².